The van der Waals surface area contributed by atoms with Crippen LogP contribution in [-0.2, 0) is 0 Å². The highest BCUT2D eigenvalue weighted by Crippen LogP contribution is 2.25. The Kier molecular flexibility index (Phi) is 6.87. The Balaban J connectivity index is 1.22. The average Bonchev–Trinajstić information content (AvgIpc) is 3.59. The number of halogens is 3. The minimum atomic E-state index is -4.76. The zero-order valence-corrected chi connectivity index (χ0v) is 20.3. The van der Waals surface area contributed by atoms with Crippen molar-refractivity contribution in [1.82, 2.24) is 24.3 Å². The number of anilines is 2. The van der Waals surface area contributed by atoms with Gasteiger partial charge in [-0.1, -0.05) is 6.07 Å². The Hall–Kier alpha value is -5.33. The topological polar surface area (TPSA) is 108 Å². The monoisotopic (exact) mass is 535 g/mol. The number of urea groups is 1. The van der Waals surface area contributed by atoms with Crippen LogP contribution in [0.5, 0.6) is 11.5 Å². The maximum absolute atomic E-state index is 12.6. The third kappa shape index (κ3) is 6.15. The summed E-state index contributed by atoms with van der Waals surface area (Å²) in [5.41, 5.74) is 2.47. The van der Waals surface area contributed by atoms with Gasteiger partial charge in [0.15, 0.2) is 5.82 Å². The highest BCUT2D eigenvalue weighted by molar-refractivity contribution is 5.99. The number of aromatic nitrogens is 5. The molecule has 2 aromatic heterocycles. The first kappa shape index (κ1) is 25.3. The van der Waals surface area contributed by atoms with Crippen LogP contribution in [-0.4, -0.2) is 43.8 Å². The summed E-state index contributed by atoms with van der Waals surface area (Å²) in [4.78, 5) is 21.1. The molecule has 198 valence electrons. The van der Waals surface area contributed by atoms with E-state index in [4.69, 9.17) is 4.74 Å². The summed E-state index contributed by atoms with van der Waals surface area (Å²) in [7, 11) is 1.57. The molecule has 0 saturated carbocycles. The van der Waals surface area contributed by atoms with Crippen LogP contribution in [0.3, 0.4) is 0 Å². The molecule has 0 aliphatic carbocycles. The summed E-state index contributed by atoms with van der Waals surface area (Å²) < 4.78 is 49.3. The van der Waals surface area contributed by atoms with Crippen molar-refractivity contribution in [2.24, 2.45) is 0 Å². The number of nitrogens with one attached hydrogen (secondary N) is 2. The van der Waals surface area contributed by atoms with Crippen molar-refractivity contribution in [1.29, 1.82) is 0 Å². The highest BCUT2D eigenvalue weighted by atomic mass is 19.4. The van der Waals surface area contributed by atoms with Crippen molar-refractivity contribution in [2.75, 3.05) is 17.7 Å². The molecule has 3 aromatic carbocycles. The van der Waals surface area contributed by atoms with Crippen molar-refractivity contribution in [2.45, 2.75) is 6.36 Å². The van der Waals surface area contributed by atoms with Gasteiger partial charge in [0, 0.05) is 29.7 Å². The van der Waals surface area contributed by atoms with Gasteiger partial charge in [0.25, 0.3) is 0 Å². The molecule has 0 aliphatic heterocycles. The van der Waals surface area contributed by atoms with E-state index in [-0.39, 0.29) is 5.75 Å². The van der Waals surface area contributed by atoms with Crippen LogP contribution >= 0.6 is 0 Å². The van der Waals surface area contributed by atoms with Crippen molar-refractivity contribution in [3.8, 4) is 34.3 Å². The van der Waals surface area contributed by atoms with E-state index in [1.807, 2.05) is 24.3 Å². The lowest BCUT2D eigenvalue weighted by atomic mass is 10.2. The van der Waals surface area contributed by atoms with Gasteiger partial charge < -0.3 is 14.8 Å². The molecule has 0 aliphatic rings. The lowest BCUT2D eigenvalue weighted by molar-refractivity contribution is -0.274. The summed E-state index contributed by atoms with van der Waals surface area (Å²) >= 11 is 0. The predicted molar refractivity (Wildman–Crippen MR) is 136 cm³/mol. The number of carbonyl (C=O) groups excluding carboxylic acids is 1. The number of imidazole rings is 1. The van der Waals surface area contributed by atoms with E-state index in [2.05, 4.69) is 30.4 Å². The Morgan fingerprint density at radius 1 is 0.897 bits per heavy atom. The number of amides is 2. The summed E-state index contributed by atoms with van der Waals surface area (Å²) in [6.07, 6.45) is -0.0294. The van der Waals surface area contributed by atoms with Gasteiger partial charge >= 0.3 is 12.4 Å². The van der Waals surface area contributed by atoms with Gasteiger partial charge in [-0.3, -0.25) is 9.88 Å². The van der Waals surface area contributed by atoms with Gasteiger partial charge in [-0.25, -0.2) is 19.4 Å². The van der Waals surface area contributed by atoms with Gasteiger partial charge in [0.2, 0.25) is 5.95 Å². The Labute approximate surface area is 219 Å². The standard InChI is InChI=1S/C26H20F3N7O3/c1-38-22-4-2-3-20(15-22)35-14-13-30-24(35)33-25(37)32-18-7-5-17(6-8-18)23-31-16-36(34-23)19-9-11-21(12-10-19)39-26(27,28)29/h2-16H,1H3,(H2,30,32,33,37). The van der Waals surface area contributed by atoms with E-state index >= 15 is 0 Å². The molecule has 2 N–H and O–H groups in total. The Morgan fingerprint density at radius 2 is 1.67 bits per heavy atom. The minimum absolute atomic E-state index is 0.324. The van der Waals surface area contributed by atoms with Crippen LogP contribution < -0.4 is 20.1 Å². The quantitative estimate of drug-likeness (QED) is 0.278. The van der Waals surface area contributed by atoms with E-state index in [0.29, 0.717) is 34.5 Å². The van der Waals surface area contributed by atoms with E-state index in [0.717, 1.165) is 5.69 Å². The fourth-order valence-electron chi connectivity index (χ4n) is 3.65. The van der Waals surface area contributed by atoms with Crippen LogP contribution in [0, 0.1) is 0 Å². The first-order valence-corrected chi connectivity index (χ1v) is 11.4. The second-order valence-electron chi connectivity index (χ2n) is 8.03. The third-order valence-corrected chi connectivity index (χ3v) is 5.43. The number of rotatable bonds is 7. The van der Waals surface area contributed by atoms with Gasteiger partial charge in [0.1, 0.15) is 17.8 Å². The number of hydrogen-bond donors (Lipinski definition) is 2. The number of alkyl halides is 3. The Morgan fingerprint density at radius 3 is 2.38 bits per heavy atom. The van der Waals surface area contributed by atoms with E-state index in [1.54, 1.807) is 48.3 Å². The number of hydrogen-bond acceptors (Lipinski definition) is 6. The zero-order valence-electron chi connectivity index (χ0n) is 20.3. The van der Waals surface area contributed by atoms with Crippen molar-refractivity contribution < 1.29 is 27.4 Å². The Bertz CT molecular complexity index is 1580. The molecule has 10 nitrogen and oxygen atoms in total. The molecule has 0 unspecified atom stereocenters. The lowest BCUT2D eigenvalue weighted by Gasteiger charge is -2.11. The van der Waals surface area contributed by atoms with Gasteiger partial charge in [-0.15, -0.1) is 18.3 Å². The SMILES string of the molecule is COc1cccc(-n2ccnc2NC(=O)Nc2ccc(-c3ncn(-c4ccc(OC(F)(F)F)cc4)n3)cc2)c1. The van der Waals surface area contributed by atoms with Crippen molar-refractivity contribution >= 4 is 17.7 Å². The summed E-state index contributed by atoms with van der Waals surface area (Å²) in [6, 6.07) is 18.9. The third-order valence-electron chi connectivity index (χ3n) is 5.43. The molecule has 0 bridgehead atoms. The molecule has 5 aromatic rings. The van der Waals surface area contributed by atoms with Gasteiger partial charge in [-0.05, 0) is 60.7 Å². The van der Waals surface area contributed by atoms with E-state index < -0.39 is 12.4 Å². The fourth-order valence-corrected chi connectivity index (χ4v) is 3.65. The molecule has 0 fully saturated rings. The van der Waals surface area contributed by atoms with Gasteiger partial charge in [0.05, 0.1) is 18.5 Å². The molecule has 2 amide bonds. The van der Waals surface area contributed by atoms with Crippen LogP contribution in [0.1, 0.15) is 0 Å². The molecular weight excluding hydrogens is 515 g/mol. The molecule has 39 heavy (non-hydrogen) atoms. The second kappa shape index (κ2) is 10.6. The van der Waals surface area contributed by atoms with Crippen molar-refractivity contribution in [3.63, 3.8) is 0 Å². The van der Waals surface area contributed by atoms with Crippen LogP contribution in [0.4, 0.5) is 29.6 Å². The van der Waals surface area contributed by atoms with Gasteiger partial charge in [-0.2, -0.15) is 0 Å². The molecular formula is C26H20F3N7O3. The summed E-state index contributed by atoms with van der Waals surface area (Å²) in [6.45, 7) is 0. The highest BCUT2D eigenvalue weighted by Gasteiger charge is 2.31. The summed E-state index contributed by atoms with van der Waals surface area (Å²) in [5.74, 6) is 1.06. The maximum Gasteiger partial charge on any atom is 0.573 e. The fraction of sp³-hybridized carbons (Fsp3) is 0.0769. The number of methoxy groups -OCH3 is 1. The molecule has 13 heteroatoms. The predicted octanol–water partition coefficient (Wildman–Crippen LogP) is 5.67. The molecule has 0 atom stereocenters. The first-order valence-electron chi connectivity index (χ1n) is 11.4. The zero-order chi connectivity index (χ0) is 27.4. The van der Waals surface area contributed by atoms with Crippen LogP contribution in [0.25, 0.3) is 22.8 Å². The maximum atomic E-state index is 12.6. The summed E-state index contributed by atoms with van der Waals surface area (Å²) in [5, 5.41) is 9.84. The smallest absolute Gasteiger partial charge is 0.497 e. The minimum Gasteiger partial charge on any atom is -0.497 e. The molecule has 0 radical (unpaired) electrons. The second-order valence-corrected chi connectivity index (χ2v) is 8.03. The lowest BCUT2D eigenvalue weighted by Crippen LogP contribution is -2.21. The molecule has 0 saturated heterocycles. The van der Waals surface area contributed by atoms with E-state index in [9.17, 15) is 18.0 Å². The van der Waals surface area contributed by atoms with Crippen LogP contribution in [0.2, 0.25) is 0 Å². The molecule has 5 rings (SSSR count). The average molecular weight is 535 g/mol. The number of carbonyl (C=O) groups is 1. The van der Waals surface area contributed by atoms with E-state index in [1.165, 1.54) is 35.3 Å². The largest absolute Gasteiger partial charge is 0.573 e. The number of benzene rings is 3. The molecule has 0 spiro atoms. The number of nitrogens with zero attached hydrogens (tertiary/aromatic N) is 5. The van der Waals surface area contributed by atoms with Crippen molar-refractivity contribution in [3.05, 3.63) is 91.5 Å². The first-order chi connectivity index (χ1) is 18.8. The number of ether oxygens (including phenoxy) is 2. The molecule has 2 heterocycles. The normalized spacial score (nSPS) is 11.2. The van der Waals surface area contributed by atoms with Crippen LogP contribution in [0.15, 0.2) is 91.5 Å².